The molecule has 0 saturated heterocycles. The number of aliphatic hydroxyl groups is 1. The molecule has 1 unspecified atom stereocenters. The third-order valence-electron chi connectivity index (χ3n) is 5.66. The predicted molar refractivity (Wildman–Crippen MR) is 106 cm³/mol. The van der Waals surface area contributed by atoms with Crippen molar-refractivity contribution in [2.24, 2.45) is 0 Å². The van der Waals surface area contributed by atoms with Crippen molar-refractivity contribution in [3.63, 3.8) is 0 Å². The Labute approximate surface area is 147 Å². The molecular weight excluding hydrogens is 320 g/mol. The fourth-order valence-electron chi connectivity index (χ4n) is 1.84. The summed E-state index contributed by atoms with van der Waals surface area (Å²) in [7, 11) is -3.47. The minimum Gasteiger partial charge on any atom is -0.417 e. The molecule has 0 aromatic heterocycles. The molecule has 0 aromatic carbocycles. The first kappa shape index (κ1) is 23.3. The molecule has 0 aliphatic carbocycles. The van der Waals surface area contributed by atoms with Crippen LogP contribution in [0.1, 0.15) is 60.8 Å². The normalized spacial score (nSPS) is 15.8. The third-order valence-corrected chi connectivity index (χ3v) is 14.7. The summed E-state index contributed by atoms with van der Waals surface area (Å²) in [5.74, 6) is 0. The summed E-state index contributed by atoms with van der Waals surface area (Å²) >= 11 is 0. The Morgan fingerprint density at radius 1 is 0.826 bits per heavy atom. The molecule has 0 spiro atoms. The van der Waals surface area contributed by atoms with Crippen LogP contribution in [0.3, 0.4) is 0 Å². The SMILES string of the molecule is CC(C)(C)[Si](C)(C)OCCC(CCCO)O[Si](C)(C)C(C)(C)C. The van der Waals surface area contributed by atoms with Crippen molar-refractivity contribution in [3.05, 3.63) is 0 Å². The van der Waals surface area contributed by atoms with E-state index in [1.807, 2.05) is 0 Å². The van der Waals surface area contributed by atoms with Gasteiger partial charge in [0, 0.05) is 19.3 Å². The van der Waals surface area contributed by atoms with Crippen LogP contribution in [0.5, 0.6) is 0 Å². The van der Waals surface area contributed by atoms with Gasteiger partial charge in [0.15, 0.2) is 16.6 Å². The van der Waals surface area contributed by atoms with E-state index in [2.05, 4.69) is 67.7 Å². The average molecular weight is 363 g/mol. The Bertz CT molecular complexity index is 341. The van der Waals surface area contributed by atoms with E-state index >= 15 is 0 Å². The highest BCUT2D eigenvalue weighted by molar-refractivity contribution is 6.74. The van der Waals surface area contributed by atoms with Gasteiger partial charge in [0.2, 0.25) is 0 Å². The van der Waals surface area contributed by atoms with E-state index in [9.17, 15) is 0 Å². The maximum Gasteiger partial charge on any atom is 0.192 e. The van der Waals surface area contributed by atoms with Crippen LogP contribution >= 0.6 is 0 Å². The van der Waals surface area contributed by atoms with Crippen molar-refractivity contribution in [2.45, 2.75) is 103 Å². The lowest BCUT2D eigenvalue weighted by atomic mass is 10.1. The highest BCUT2D eigenvalue weighted by atomic mass is 28.4. The zero-order valence-corrected chi connectivity index (χ0v) is 19.4. The predicted octanol–water partition coefficient (Wildman–Crippen LogP) is 5.56. The van der Waals surface area contributed by atoms with E-state index in [1.54, 1.807) is 0 Å². The smallest absolute Gasteiger partial charge is 0.192 e. The third kappa shape index (κ3) is 7.82. The first-order valence-electron chi connectivity index (χ1n) is 9.07. The molecule has 0 heterocycles. The van der Waals surface area contributed by atoms with Crippen molar-refractivity contribution in [1.29, 1.82) is 0 Å². The molecule has 1 atom stereocenters. The molecule has 0 radical (unpaired) electrons. The lowest BCUT2D eigenvalue weighted by Crippen LogP contribution is -2.45. The summed E-state index contributed by atoms with van der Waals surface area (Å²) in [4.78, 5) is 0. The summed E-state index contributed by atoms with van der Waals surface area (Å²) in [6, 6.07) is 0. The second-order valence-corrected chi connectivity index (χ2v) is 19.3. The van der Waals surface area contributed by atoms with Gasteiger partial charge in [-0.3, -0.25) is 0 Å². The number of hydrogen-bond acceptors (Lipinski definition) is 3. The lowest BCUT2D eigenvalue weighted by molar-refractivity contribution is 0.124. The van der Waals surface area contributed by atoms with Crippen LogP contribution in [0.4, 0.5) is 0 Å². The van der Waals surface area contributed by atoms with E-state index in [-0.39, 0.29) is 22.8 Å². The van der Waals surface area contributed by atoms with Crippen molar-refractivity contribution in [3.8, 4) is 0 Å². The maximum absolute atomic E-state index is 9.17. The van der Waals surface area contributed by atoms with E-state index in [1.165, 1.54) is 0 Å². The molecular formula is C18H42O3Si2. The zero-order chi connectivity index (χ0) is 18.5. The highest BCUT2D eigenvalue weighted by Gasteiger charge is 2.40. The van der Waals surface area contributed by atoms with E-state index < -0.39 is 16.6 Å². The van der Waals surface area contributed by atoms with Crippen LogP contribution in [0.15, 0.2) is 0 Å². The Morgan fingerprint density at radius 3 is 1.70 bits per heavy atom. The molecule has 0 aliphatic heterocycles. The fourth-order valence-corrected chi connectivity index (χ4v) is 4.32. The molecule has 0 aromatic rings. The monoisotopic (exact) mass is 362 g/mol. The second kappa shape index (κ2) is 8.61. The number of aliphatic hydroxyl groups excluding tert-OH is 1. The van der Waals surface area contributed by atoms with Gasteiger partial charge in [-0.2, -0.15) is 0 Å². The highest BCUT2D eigenvalue weighted by Crippen LogP contribution is 2.39. The Kier molecular flexibility index (Phi) is 8.73. The topological polar surface area (TPSA) is 38.7 Å². The van der Waals surface area contributed by atoms with Gasteiger partial charge in [0.25, 0.3) is 0 Å². The first-order valence-corrected chi connectivity index (χ1v) is 14.9. The summed E-state index contributed by atoms with van der Waals surface area (Å²) < 4.78 is 12.9. The van der Waals surface area contributed by atoms with Gasteiger partial charge in [-0.15, -0.1) is 0 Å². The van der Waals surface area contributed by atoms with Gasteiger partial charge in [-0.25, -0.2) is 0 Å². The lowest BCUT2D eigenvalue weighted by Gasteiger charge is -2.40. The Balaban J connectivity index is 4.70. The molecule has 0 fully saturated rings. The Hall–Kier alpha value is 0.314. The molecule has 23 heavy (non-hydrogen) atoms. The Morgan fingerprint density at radius 2 is 1.30 bits per heavy atom. The van der Waals surface area contributed by atoms with Crippen LogP contribution in [0.25, 0.3) is 0 Å². The molecule has 0 rings (SSSR count). The van der Waals surface area contributed by atoms with Gasteiger partial charge >= 0.3 is 0 Å². The molecule has 0 amide bonds. The second-order valence-electron chi connectivity index (χ2n) is 9.76. The van der Waals surface area contributed by atoms with Crippen molar-refractivity contribution < 1.29 is 14.0 Å². The van der Waals surface area contributed by atoms with Crippen molar-refractivity contribution >= 4 is 16.6 Å². The molecule has 3 nitrogen and oxygen atoms in total. The summed E-state index contributed by atoms with van der Waals surface area (Å²) in [5, 5.41) is 9.62. The summed E-state index contributed by atoms with van der Waals surface area (Å²) in [6.45, 7) is 23.8. The van der Waals surface area contributed by atoms with Crippen molar-refractivity contribution in [1.82, 2.24) is 0 Å². The quantitative estimate of drug-likeness (QED) is 0.546. The van der Waals surface area contributed by atoms with Gasteiger partial charge in [-0.1, -0.05) is 41.5 Å². The van der Waals surface area contributed by atoms with Crippen LogP contribution in [-0.4, -0.2) is 41.1 Å². The molecule has 140 valence electrons. The standard InChI is InChI=1S/C18H42O3Si2/c1-17(2,3)22(7,8)20-15-13-16(12-11-14-19)21-23(9,10)18(4,5)6/h16,19H,11-15H2,1-10H3. The van der Waals surface area contributed by atoms with Crippen LogP contribution in [0.2, 0.25) is 36.3 Å². The van der Waals surface area contributed by atoms with E-state index in [4.69, 9.17) is 14.0 Å². The van der Waals surface area contributed by atoms with Crippen molar-refractivity contribution in [2.75, 3.05) is 13.2 Å². The molecule has 5 heteroatoms. The average Bonchev–Trinajstić information content (AvgIpc) is 2.32. The molecule has 0 bridgehead atoms. The van der Waals surface area contributed by atoms with Gasteiger partial charge in [-0.05, 0) is 55.5 Å². The minimum atomic E-state index is -1.78. The van der Waals surface area contributed by atoms with E-state index in [0.717, 1.165) is 25.9 Å². The minimum absolute atomic E-state index is 0.202. The maximum atomic E-state index is 9.17. The summed E-state index contributed by atoms with van der Waals surface area (Å²) in [5.41, 5.74) is 0. The van der Waals surface area contributed by atoms with Crippen LogP contribution in [-0.2, 0) is 8.85 Å². The molecule has 0 saturated carbocycles. The largest absolute Gasteiger partial charge is 0.417 e. The molecule has 0 aliphatic rings. The van der Waals surface area contributed by atoms with Gasteiger partial charge < -0.3 is 14.0 Å². The zero-order valence-electron chi connectivity index (χ0n) is 17.4. The van der Waals surface area contributed by atoms with Gasteiger partial charge in [0.1, 0.15) is 0 Å². The van der Waals surface area contributed by atoms with Crippen LogP contribution in [0, 0.1) is 0 Å². The number of hydrogen-bond donors (Lipinski definition) is 1. The number of rotatable bonds is 9. The van der Waals surface area contributed by atoms with Crippen LogP contribution < -0.4 is 0 Å². The van der Waals surface area contributed by atoms with Gasteiger partial charge in [0.05, 0.1) is 0 Å². The molecule has 1 N–H and O–H groups in total. The van der Waals surface area contributed by atoms with E-state index in [0.29, 0.717) is 0 Å². The summed E-state index contributed by atoms with van der Waals surface area (Å²) in [6.07, 6.45) is 2.86. The fraction of sp³-hybridized carbons (Fsp3) is 1.00. The first-order chi connectivity index (χ1) is 10.1.